The van der Waals surface area contributed by atoms with Gasteiger partial charge < -0.3 is 20.1 Å². The molecule has 4 rings (SSSR count). The number of fused-ring (bicyclic) bond motifs is 1. The van der Waals surface area contributed by atoms with E-state index in [0.717, 1.165) is 17.7 Å². The van der Waals surface area contributed by atoms with Gasteiger partial charge in [-0.2, -0.15) is 18.3 Å². The molecular weight excluding hydrogens is 477 g/mol. The number of ether oxygens (including phenoxy) is 1. The summed E-state index contributed by atoms with van der Waals surface area (Å²) in [5.41, 5.74) is 1.18. The third-order valence-electron chi connectivity index (χ3n) is 6.06. The van der Waals surface area contributed by atoms with Crippen molar-refractivity contribution in [2.24, 2.45) is 0 Å². The highest BCUT2D eigenvalue weighted by molar-refractivity contribution is 6.00. The van der Waals surface area contributed by atoms with Gasteiger partial charge in [0, 0.05) is 13.1 Å². The molecule has 36 heavy (non-hydrogen) atoms. The summed E-state index contributed by atoms with van der Waals surface area (Å²) in [4.78, 5) is 26.7. The number of hydrogen-bond donors (Lipinski definition) is 2. The summed E-state index contributed by atoms with van der Waals surface area (Å²) in [6.07, 6.45) is -4.46. The zero-order valence-corrected chi connectivity index (χ0v) is 19.7. The molecule has 2 aromatic carbocycles. The van der Waals surface area contributed by atoms with Crippen molar-refractivity contribution in [1.82, 2.24) is 15.1 Å². The smallest absolute Gasteiger partial charge is 0.416 e. The molecule has 0 aliphatic carbocycles. The van der Waals surface area contributed by atoms with E-state index in [4.69, 9.17) is 4.74 Å². The van der Waals surface area contributed by atoms with Crippen LogP contribution in [0.4, 0.5) is 19.0 Å². The second-order valence-corrected chi connectivity index (χ2v) is 8.45. The van der Waals surface area contributed by atoms with E-state index in [-0.39, 0.29) is 17.8 Å². The van der Waals surface area contributed by atoms with Crippen molar-refractivity contribution in [3.8, 4) is 0 Å². The van der Waals surface area contributed by atoms with Crippen LogP contribution in [0, 0.1) is 0 Å². The number of anilines is 1. The van der Waals surface area contributed by atoms with Gasteiger partial charge in [0.1, 0.15) is 17.1 Å². The van der Waals surface area contributed by atoms with Crippen LogP contribution in [0.15, 0.2) is 48.5 Å². The van der Waals surface area contributed by atoms with Crippen LogP contribution in [0.1, 0.15) is 56.1 Å². The van der Waals surface area contributed by atoms with Crippen molar-refractivity contribution in [2.45, 2.75) is 38.8 Å². The maximum absolute atomic E-state index is 13.3. The Kier molecular flexibility index (Phi) is 7.02. The first-order valence-corrected chi connectivity index (χ1v) is 11.2. The highest BCUT2D eigenvalue weighted by atomic mass is 19.4. The molecule has 0 bridgehead atoms. The summed E-state index contributed by atoms with van der Waals surface area (Å²) < 4.78 is 45.7. The molecule has 2 N–H and O–H groups in total. The molecule has 2 heterocycles. The molecule has 1 atom stereocenters. The van der Waals surface area contributed by atoms with Crippen molar-refractivity contribution >= 4 is 17.7 Å². The van der Waals surface area contributed by atoms with Crippen molar-refractivity contribution in [2.75, 3.05) is 18.6 Å². The Hall–Kier alpha value is -3.86. The van der Waals surface area contributed by atoms with Gasteiger partial charge in [0.25, 0.3) is 5.91 Å². The number of nitrogens with one attached hydrogen (secondary N) is 1. The van der Waals surface area contributed by atoms with Gasteiger partial charge in [0.2, 0.25) is 0 Å². The molecule has 1 amide bonds. The Morgan fingerprint density at radius 1 is 1.17 bits per heavy atom. The van der Waals surface area contributed by atoms with Crippen LogP contribution in [0.3, 0.4) is 0 Å². The standard InChI is InChI=1S/C25H25F3N4O4/c1-15(17-6-8-18(9-7-17)24(35)36-2)29-22(34)21-20(14-33)30-32-11-10-31(23(21)32)13-16-4-3-5-19(12-16)25(26,27)28/h3-9,12,15,33H,10-11,13-14H2,1-2H3,(H,29,34). The minimum absolute atomic E-state index is 0.144. The monoisotopic (exact) mass is 502 g/mol. The van der Waals surface area contributed by atoms with Crippen LogP contribution >= 0.6 is 0 Å². The van der Waals surface area contributed by atoms with Gasteiger partial charge in [-0.1, -0.05) is 24.3 Å². The molecule has 8 nitrogen and oxygen atoms in total. The van der Waals surface area contributed by atoms with Gasteiger partial charge in [0.05, 0.1) is 37.4 Å². The van der Waals surface area contributed by atoms with Gasteiger partial charge in [0.15, 0.2) is 0 Å². The van der Waals surface area contributed by atoms with Crippen molar-refractivity contribution in [3.63, 3.8) is 0 Å². The lowest BCUT2D eigenvalue weighted by molar-refractivity contribution is -0.137. The number of aliphatic hydroxyl groups excluding tert-OH is 1. The van der Waals surface area contributed by atoms with Gasteiger partial charge in [-0.05, 0) is 42.3 Å². The Bertz CT molecular complexity index is 1270. The Morgan fingerprint density at radius 3 is 2.53 bits per heavy atom. The Balaban J connectivity index is 1.56. The molecule has 190 valence electrons. The summed E-state index contributed by atoms with van der Waals surface area (Å²) in [6.45, 7) is 2.33. The molecular formula is C25H25F3N4O4. The SMILES string of the molecule is COC(=O)c1ccc(C(C)NC(=O)c2c(CO)nn3c2N(Cc2cccc(C(F)(F)F)c2)CC3)cc1. The predicted octanol–water partition coefficient (Wildman–Crippen LogP) is 3.69. The molecule has 0 saturated heterocycles. The number of benzene rings is 2. The average Bonchev–Trinajstić information content (AvgIpc) is 3.42. The van der Waals surface area contributed by atoms with Crippen LogP contribution in [-0.2, 0) is 30.6 Å². The van der Waals surface area contributed by atoms with Crippen molar-refractivity contribution in [3.05, 3.63) is 82.0 Å². The van der Waals surface area contributed by atoms with E-state index in [2.05, 4.69) is 10.4 Å². The number of methoxy groups -OCH3 is 1. The number of esters is 1. The Morgan fingerprint density at radius 2 is 1.89 bits per heavy atom. The number of nitrogens with zero attached hydrogens (tertiary/aromatic N) is 3. The molecule has 11 heteroatoms. The second-order valence-electron chi connectivity index (χ2n) is 8.45. The number of aliphatic hydroxyl groups is 1. The zero-order valence-electron chi connectivity index (χ0n) is 19.7. The number of alkyl halides is 3. The number of hydrogen-bond acceptors (Lipinski definition) is 6. The summed E-state index contributed by atoms with van der Waals surface area (Å²) in [5, 5.41) is 17.1. The quantitative estimate of drug-likeness (QED) is 0.479. The lowest BCUT2D eigenvalue weighted by Gasteiger charge is -2.21. The largest absolute Gasteiger partial charge is 0.465 e. The molecule has 0 spiro atoms. The van der Waals surface area contributed by atoms with Crippen molar-refractivity contribution in [1.29, 1.82) is 0 Å². The first-order valence-electron chi connectivity index (χ1n) is 11.2. The maximum atomic E-state index is 13.3. The minimum Gasteiger partial charge on any atom is -0.465 e. The maximum Gasteiger partial charge on any atom is 0.416 e. The van der Waals surface area contributed by atoms with E-state index < -0.39 is 36.3 Å². The summed E-state index contributed by atoms with van der Waals surface area (Å²) in [6, 6.07) is 11.2. The average molecular weight is 502 g/mol. The van der Waals surface area contributed by atoms with Crippen LogP contribution in [-0.4, -0.2) is 40.4 Å². The number of rotatable bonds is 7. The van der Waals surface area contributed by atoms with E-state index in [1.165, 1.54) is 13.2 Å². The third kappa shape index (κ3) is 5.06. The lowest BCUT2D eigenvalue weighted by atomic mass is 10.1. The molecule has 3 aromatic rings. The van der Waals surface area contributed by atoms with Crippen LogP contribution in [0.2, 0.25) is 0 Å². The fourth-order valence-electron chi connectivity index (χ4n) is 4.24. The van der Waals surface area contributed by atoms with Crippen LogP contribution < -0.4 is 10.2 Å². The number of halogens is 3. The van der Waals surface area contributed by atoms with E-state index >= 15 is 0 Å². The third-order valence-corrected chi connectivity index (χ3v) is 6.06. The highest BCUT2D eigenvalue weighted by Gasteiger charge is 2.33. The minimum atomic E-state index is -4.46. The number of amides is 1. The van der Waals surface area contributed by atoms with E-state index in [1.807, 2.05) is 0 Å². The summed E-state index contributed by atoms with van der Waals surface area (Å²) in [7, 11) is 1.29. The molecule has 1 aromatic heterocycles. The van der Waals surface area contributed by atoms with Crippen LogP contribution in [0.5, 0.6) is 0 Å². The van der Waals surface area contributed by atoms with Crippen molar-refractivity contribution < 1.29 is 32.6 Å². The van der Waals surface area contributed by atoms with Gasteiger partial charge in [-0.3, -0.25) is 4.79 Å². The van der Waals surface area contributed by atoms with Gasteiger partial charge >= 0.3 is 12.1 Å². The molecule has 1 aliphatic rings. The number of carbonyl (C=O) groups excluding carboxylic acids is 2. The second kappa shape index (κ2) is 10.0. The molecule has 0 radical (unpaired) electrons. The molecule has 1 aliphatic heterocycles. The van der Waals surface area contributed by atoms with Crippen LogP contribution in [0.25, 0.3) is 0 Å². The first kappa shape index (κ1) is 25.2. The van der Waals surface area contributed by atoms with E-state index in [1.54, 1.807) is 46.8 Å². The first-order chi connectivity index (χ1) is 17.1. The topological polar surface area (TPSA) is 96.7 Å². The fourth-order valence-corrected chi connectivity index (χ4v) is 4.24. The fraction of sp³-hybridized carbons (Fsp3) is 0.320. The zero-order chi connectivity index (χ0) is 26.0. The van der Waals surface area contributed by atoms with Gasteiger partial charge in [-0.25, -0.2) is 9.48 Å². The Labute approximate surface area is 205 Å². The normalized spacial score (nSPS) is 13.9. The molecule has 0 fully saturated rings. The highest BCUT2D eigenvalue weighted by Crippen LogP contribution is 2.33. The van der Waals surface area contributed by atoms with E-state index in [9.17, 15) is 27.9 Å². The molecule has 0 saturated carbocycles. The predicted molar refractivity (Wildman–Crippen MR) is 124 cm³/mol. The van der Waals surface area contributed by atoms with E-state index in [0.29, 0.717) is 30.0 Å². The van der Waals surface area contributed by atoms with Gasteiger partial charge in [-0.15, -0.1) is 0 Å². The summed E-state index contributed by atoms with van der Waals surface area (Å²) in [5.74, 6) is -0.495. The summed E-state index contributed by atoms with van der Waals surface area (Å²) >= 11 is 0. The molecule has 1 unspecified atom stereocenters. The number of aromatic nitrogens is 2. The lowest BCUT2D eigenvalue weighted by Crippen LogP contribution is -2.30. The number of carbonyl (C=O) groups is 2.